The zero-order valence-corrected chi connectivity index (χ0v) is 12.8. The highest BCUT2D eigenvalue weighted by atomic mass is 32.2. The Balaban J connectivity index is 1.90. The van der Waals surface area contributed by atoms with Gasteiger partial charge < -0.3 is 15.4 Å². The summed E-state index contributed by atoms with van der Waals surface area (Å²) in [4.78, 5) is 23.8. The van der Waals surface area contributed by atoms with Gasteiger partial charge in [0.15, 0.2) is 0 Å². The summed E-state index contributed by atoms with van der Waals surface area (Å²) < 4.78 is 9.60. The van der Waals surface area contributed by atoms with E-state index in [1.54, 1.807) is 7.11 Å². The molecule has 0 fully saturated rings. The van der Waals surface area contributed by atoms with Crippen LogP contribution in [0.3, 0.4) is 0 Å². The van der Waals surface area contributed by atoms with E-state index in [4.69, 9.17) is 4.74 Å². The lowest BCUT2D eigenvalue weighted by Crippen LogP contribution is -2.16. The Bertz CT molecular complexity index is 674. The first-order valence-corrected chi connectivity index (χ1v) is 7.24. The lowest BCUT2D eigenvalue weighted by molar-refractivity contribution is -0.115. The highest BCUT2D eigenvalue weighted by Gasteiger charge is 2.14. The number of benzene rings is 1. The molecule has 0 aliphatic rings. The van der Waals surface area contributed by atoms with Crippen LogP contribution in [0.15, 0.2) is 33.8 Å². The van der Waals surface area contributed by atoms with Crippen LogP contribution in [-0.2, 0) is 9.59 Å². The fourth-order valence-corrected chi connectivity index (χ4v) is 2.27. The Labute approximate surface area is 130 Å². The van der Waals surface area contributed by atoms with Crippen LogP contribution in [-0.4, -0.2) is 35.0 Å². The van der Waals surface area contributed by atoms with Crippen molar-refractivity contribution >= 4 is 35.2 Å². The van der Waals surface area contributed by atoms with Gasteiger partial charge >= 0.3 is 0 Å². The molecule has 8 nitrogen and oxygen atoms in total. The summed E-state index contributed by atoms with van der Waals surface area (Å²) in [6, 6.07) is 7.37. The minimum Gasteiger partial charge on any atom is -0.497 e. The normalized spacial score (nSPS) is 10.1. The summed E-state index contributed by atoms with van der Waals surface area (Å²) in [5.74, 6) is 0.407. The SMILES string of the molecule is COc1cccc(SCC(=O)Nc2nonc2NC(C)=O)c1. The van der Waals surface area contributed by atoms with Crippen LogP contribution >= 0.6 is 11.8 Å². The van der Waals surface area contributed by atoms with Gasteiger partial charge in [-0.15, -0.1) is 11.8 Å². The summed E-state index contributed by atoms with van der Waals surface area (Å²) in [7, 11) is 1.58. The van der Waals surface area contributed by atoms with Gasteiger partial charge in [-0.05, 0) is 28.5 Å². The lowest BCUT2D eigenvalue weighted by atomic mass is 10.3. The van der Waals surface area contributed by atoms with Gasteiger partial charge in [-0.1, -0.05) is 6.07 Å². The molecule has 0 saturated heterocycles. The fraction of sp³-hybridized carbons (Fsp3) is 0.231. The number of methoxy groups -OCH3 is 1. The Morgan fingerprint density at radius 2 is 2.00 bits per heavy atom. The van der Waals surface area contributed by atoms with Crippen LogP contribution in [0.2, 0.25) is 0 Å². The Hall–Kier alpha value is -2.55. The minimum atomic E-state index is -0.336. The van der Waals surface area contributed by atoms with Crippen LogP contribution in [0.25, 0.3) is 0 Å². The van der Waals surface area contributed by atoms with E-state index in [1.807, 2.05) is 24.3 Å². The topological polar surface area (TPSA) is 106 Å². The van der Waals surface area contributed by atoms with E-state index >= 15 is 0 Å². The minimum absolute atomic E-state index is 0.0754. The molecule has 116 valence electrons. The third-order valence-electron chi connectivity index (χ3n) is 2.45. The van der Waals surface area contributed by atoms with E-state index in [2.05, 4.69) is 25.6 Å². The molecule has 1 aromatic carbocycles. The molecule has 0 bridgehead atoms. The van der Waals surface area contributed by atoms with Gasteiger partial charge in [0.05, 0.1) is 12.9 Å². The standard InChI is InChI=1S/C13H14N4O4S/c1-8(18)14-12-13(17-21-16-12)15-11(19)7-22-10-5-3-4-9(6-10)20-2/h3-6H,7H2,1-2H3,(H,14,16,18)(H,15,17,19). The number of carbonyl (C=O) groups excluding carboxylic acids is 2. The molecule has 0 aliphatic heterocycles. The molecule has 2 N–H and O–H groups in total. The smallest absolute Gasteiger partial charge is 0.236 e. The number of hydrogen-bond donors (Lipinski definition) is 2. The molecular formula is C13H14N4O4S. The summed E-state index contributed by atoms with van der Waals surface area (Å²) in [5.41, 5.74) is 0. The van der Waals surface area contributed by atoms with Gasteiger partial charge in [0.1, 0.15) is 5.75 Å². The number of nitrogens with one attached hydrogen (secondary N) is 2. The average Bonchev–Trinajstić information content (AvgIpc) is 2.91. The van der Waals surface area contributed by atoms with E-state index in [0.717, 1.165) is 10.6 Å². The van der Waals surface area contributed by atoms with E-state index in [-0.39, 0.29) is 29.2 Å². The third kappa shape index (κ3) is 4.48. The van der Waals surface area contributed by atoms with Crippen molar-refractivity contribution in [3.63, 3.8) is 0 Å². The maximum atomic E-state index is 11.9. The van der Waals surface area contributed by atoms with Gasteiger partial charge in [0, 0.05) is 11.8 Å². The number of rotatable bonds is 6. The number of amides is 2. The highest BCUT2D eigenvalue weighted by molar-refractivity contribution is 8.00. The van der Waals surface area contributed by atoms with Crippen molar-refractivity contribution in [1.82, 2.24) is 10.3 Å². The number of aromatic nitrogens is 2. The summed E-state index contributed by atoms with van der Waals surface area (Å²) in [6.07, 6.45) is 0. The quantitative estimate of drug-likeness (QED) is 0.780. The Kier molecular flexibility index (Phi) is 5.37. The maximum absolute atomic E-state index is 11.9. The lowest BCUT2D eigenvalue weighted by Gasteiger charge is -2.05. The maximum Gasteiger partial charge on any atom is 0.236 e. The van der Waals surface area contributed by atoms with Crippen molar-refractivity contribution in [2.45, 2.75) is 11.8 Å². The molecule has 0 spiro atoms. The first-order valence-electron chi connectivity index (χ1n) is 6.25. The van der Waals surface area contributed by atoms with Crippen LogP contribution in [0, 0.1) is 0 Å². The van der Waals surface area contributed by atoms with Crippen molar-refractivity contribution in [2.24, 2.45) is 0 Å². The number of hydrogen-bond acceptors (Lipinski definition) is 7. The third-order valence-corrected chi connectivity index (χ3v) is 3.45. The fourth-order valence-electron chi connectivity index (χ4n) is 1.53. The van der Waals surface area contributed by atoms with Gasteiger partial charge in [-0.3, -0.25) is 9.59 Å². The predicted molar refractivity (Wildman–Crippen MR) is 80.9 cm³/mol. The van der Waals surface area contributed by atoms with E-state index in [9.17, 15) is 9.59 Å². The number of ether oxygens (including phenoxy) is 1. The molecule has 2 amide bonds. The molecule has 0 unspecified atom stereocenters. The largest absolute Gasteiger partial charge is 0.497 e. The van der Waals surface area contributed by atoms with Crippen LogP contribution in [0.4, 0.5) is 11.6 Å². The number of carbonyl (C=O) groups is 2. The molecule has 22 heavy (non-hydrogen) atoms. The first kappa shape index (κ1) is 15.8. The van der Waals surface area contributed by atoms with Crippen molar-refractivity contribution in [1.29, 1.82) is 0 Å². The first-order chi connectivity index (χ1) is 10.6. The highest BCUT2D eigenvalue weighted by Crippen LogP contribution is 2.23. The zero-order valence-electron chi connectivity index (χ0n) is 12.0. The van der Waals surface area contributed by atoms with Gasteiger partial charge in [0.25, 0.3) is 0 Å². The second kappa shape index (κ2) is 7.46. The van der Waals surface area contributed by atoms with Crippen molar-refractivity contribution < 1.29 is 19.0 Å². The molecule has 9 heteroatoms. The van der Waals surface area contributed by atoms with E-state index in [0.29, 0.717) is 0 Å². The zero-order chi connectivity index (χ0) is 15.9. The molecule has 0 radical (unpaired) electrons. The summed E-state index contributed by atoms with van der Waals surface area (Å²) in [5, 5.41) is 11.9. The molecule has 0 saturated carbocycles. The molecule has 1 heterocycles. The van der Waals surface area contributed by atoms with Gasteiger partial charge in [-0.25, -0.2) is 4.63 Å². The Morgan fingerprint density at radius 3 is 2.68 bits per heavy atom. The predicted octanol–water partition coefficient (Wildman–Crippen LogP) is 1.77. The van der Waals surface area contributed by atoms with Gasteiger partial charge in [-0.2, -0.15) is 0 Å². The van der Waals surface area contributed by atoms with Crippen LogP contribution in [0.1, 0.15) is 6.92 Å². The van der Waals surface area contributed by atoms with Crippen molar-refractivity contribution in [3.05, 3.63) is 24.3 Å². The van der Waals surface area contributed by atoms with Gasteiger partial charge in [0.2, 0.25) is 23.5 Å². The molecule has 2 aromatic rings. The number of thioether (sulfide) groups is 1. The van der Waals surface area contributed by atoms with Crippen LogP contribution in [0.5, 0.6) is 5.75 Å². The molecule has 2 rings (SSSR count). The monoisotopic (exact) mass is 322 g/mol. The van der Waals surface area contributed by atoms with E-state index in [1.165, 1.54) is 18.7 Å². The number of nitrogens with zero attached hydrogens (tertiary/aromatic N) is 2. The molecular weight excluding hydrogens is 308 g/mol. The van der Waals surface area contributed by atoms with E-state index < -0.39 is 0 Å². The Morgan fingerprint density at radius 1 is 1.27 bits per heavy atom. The second-order valence-electron chi connectivity index (χ2n) is 4.16. The van der Waals surface area contributed by atoms with Crippen LogP contribution < -0.4 is 15.4 Å². The summed E-state index contributed by atoms with van der Waals surface area (Å²) >= 11 is 1.34. The molecule has 1 aromatic heterocycles. The summed E-state index contributed by atoms with van der Waals surface area (Å²) in [6.45, 7) is 1.32. The van der Waals surface area contributed by atoms with Crippen molar-refractivity contribution in [2.75, 3.05) is 23.5 Å². The second-order valence-corrected chi connectivity index (χ2v) is 5.21. The number of anilines is 2. The average molecular weight is 322 g/mol. The molecule has 0 aliphatic carbocycles. The van der Waals surface area contributed by atoms with Crippen molar-refractivity contribution in [3.8, 4) is 5.75 Å². The molecule has 0 atom stereocenters.